The maximum absolute atomic E-state index is 5.59. The maximum atomic E-state index is 5.59. The molecule has 1 rings (SSSR count). The van der Waals surface area contributed by atoms with Crippen LogP contribution in [0.1, 0.15) is 18.9 Å². The van der Waals surface area contributed by atoms with Gasteiger partial charge in [0.25, 0.3) is 0 Å². The molecule has 1 aromatic carbocycles. The molecule has 1 heteroatoms. The summed E-state index contributed by atoms with van der Waals surface area (Å²) in [5.41, 5.74) is 2.35. The molecule has 0 radical (unpaired) electrons. The van der Waals surface area contributed by atoms with Gasteiger partial charge in [0.05, 0.1) is 6.61 Å². The lowest BCUT2D eigenvalue weighted by Crippen LogP contribution is -1.98. The van der Waals surface area contributed by atoms with Gasteiger partial charge in [-0.05, 0) is 25.5 Å². The van der Waals surface area contributed by atoms with Gasteiger partial charge in [-0.15, -0.1) is 6.58 Å². The molecule has 0 saturated carbocycles. The minimum absolute atomic E-state index is 0.722. The average Bonchev–Trinajstić information content (AvgIpc) is 2.08. The molecule has 0 aliphatic carbocycles. The van der Waals surface area contributed by atoms with Crippen molar-refractivity contribution in [1.82, 2.24) is 0 Å². The first-order chi connectivity index (χ1) is 6.20. The first-order valence-corrected chi connectivity index (χ1v) is 4.53. The molecule has 0 N–H and O–H groups in total. The van der Waals surface area contributed by atoms with Gasteiger partial charge in [-0.1, -0.05) is 23.8 Å². The fraction of sp³-hybridized carbons (Fsp3) is 0.333. The van der Waals surface area contributed by atoms with Gasteiger partial charge in [-0.25, -0.2) is 0 Å². The van der Waals surface area contributed by atoms with Crippen LogP contribution in [0.5, 0.6) is 5.75 Å². The minimum Gasteiger partial charge on any atom is -0.493 e. The standard InChI is InChI=1S/C12H16O/c1-10(2)8-9-13-12-7-5-4-6-11(12)3/h4-7H,1,8-9H2,2-3H3. The van der Waals surface area contributed by atoms with Gasteiger partial charge in [0.2, 0.25) is 0 Å². The molecule has 13 heavy (non-hydrogen) atoms. The first kappa shape index (κ1) is 9.85. The van der Waals surface area contributed by atoms with Crippen LogP contribution in [-0.4, -0.2) is 6.61 Å². The molecule has 0 spiro atoms. The first-order valence-electron chi connectivity index (χ1n) is 4.53. The van der Waals surface area contributed by atoms with Crippen LogP contribution in [0.3, 0.4) is 0 Å². The lowest BCUT2D eigenvalue weighted by molar-refractivity contribution is 0.319. The van der Waals surface area contributed by atoms with Gasteiger partial charge in [-0.2, -0.15) is 0 Å². The highest BCUT2D eigenvalue weighted by Crippen LogP contribution is 2.16. The van der Waals surface area contributed by atoms with E-state index in [1.165, 1.54) is 5.56 Å². The molecule has 1 nitrogen and oxygen atoms in total. The molecule has 0 fully saturated rings. The van der Waals surface area contributed by atoms with E-state index in [0.717, 1.165) is 24.4 Å². The van der Waals surface area contributed by atoms with E-state index in [9.17, 15) is 0 Å². The Bertz CT molecular complexity index is 289. The third-order valence-corrected chi connectivity index (χ3v) is 1.88. The highest BCUT2D eigenvalue weighted by molar-refractivity contribution is 5.31. The molecule has 0 amide bonds. The number of benzene rings is 1. The van der Waals surface area contributed by atoms with E-state index in [4.69, 9.17) is 4.74 Å². The van der Waals surface area contributed by atoms with Crippen LogP contribution in [0.15, 0.2) is 36.4 Å². The van der Waals surface area contributed by atoms with Crippen LogP contribution in [0, 0.1) is 6.92 Å². The molecule has 1 aromatic rings. The van der Waals surface area contributed by atoms with Crippen LogP contribution < -0.4 is 4.74 Å². The number of hydrogen-bond donors (Lipinski definition) is 0. The lowest BCUT2D eigenvalue weighted by atomic mass is 10.2. The summed E-state index contributed by atoms with van der Waals surface area (Å²) < 4.78 is 5.59. The van der Waals surface area contributed by atoms with Crippen molar-refractivity contribution in [2.75, 3.05) is 6.61 Å². The van der Waals surface area contributed by atoms with Crippen LogP contribution in [0.2, 0.25) is 0 Å². The second-order valence-electron chi connectivity index (χ2n) is 3.32. The Morgan fingerprint density at radius 3 is 2.69 bits per heavy atom. The second kappa shape index (κ2) is 4.70. The normalized spacial score (nSPS) is 9.69. The van der Waals surface area contributed by atoms with Gasteiger partial charge in [-0.3, -0.25) is 0 Å². The summed E-state index contributed by atoms with van der Waals surface area (Å²) in [6, 6.07) is 8.05. The number of aryl methyl sites for hydroxylation is 1. The predicted molar refractivity (Wildman–Crippen MR) is 56.1 cm³/mol. The molecule has 0 atom stereocenters. The minimum atomic E-state index is 0.722. The zero-order valence-electron chi connectivity index (χ0n) is 8.34. The maximum Gasteiger partial charge on any atom is 0.122 e. The van der Waals surface area contributed by atoms with Crippen molar-refractivity contribution in [2.45, 2.75) is 20.3 Å². The zero-order valence-corrected chi connectivity index (χ0v) is 8.34. The highest BCUT2D eigenvalue weighted by Gasteiger charge is 1.96. The fourth-order valence-corrected chi connectivity index (χ4v) is 1.05. The van der Waals surface area contributed by atoms with Crippen LogP contribution in [-0.2, 0) is 0 Å². The monoisotopic (exact) mass is 176 g/mol. The Morgan fingerprint density at radius 2 is 2.08 bits per heavy atom. The molecule has 0 saturated heterocycles. The molecule has 0 heterocycles. The van der Waals surface area contributed by atoms with Crippen molar-refractivity contribution in [3.05, 3.63) is 42.0 Å². The van der Waals surface area contributed by atoms with Gasteiger partial charge < -0.3 is 4.74 Å². The summed E-state index contributed by atoms with van der Waals surface area (Å²) in [6.07, 6.45) is 0.925. The Kier molecular flexibility index (Phi) is 3.56. The van der Waals surface area contributed by atoms with Crippen molar-refractivity contribution in [2.24, 2.45) is 0 Å². The topological polar surface area (TPSA) is 9.23 Å². The van der Waals surface area contributed by atoms with Crippen LogP contribution in [0.4, 0.5) is 0 Å². The van der Waals surface area contributed by atoms with Gasteiger partial charge in [0.15, 0.2) is 0 Å². The van der Waals surface area contributed by atoms with E-state index in [-0.39, 0.29) is 0 Å². The van der Waals surface area contributed by atoms with Crippen molar-refractivity contribution in [3.8, 4) is 5.75 Å². The van der Waals surface area contributed by atoms with E-state index in [0.29, 0.717) is 0 Å². The smallest absolute Gasteiger partial charge is 0.122 e. The fourth-order valence-electron chi connectivity index (χ4n) is 1.05. The van der Waals surface area contributed by atoms with Crippen LogP contribution >= 0.6 is 0 Å². The van der Waals surface area contributed by atoms with Gasteiger partial charge in [0, 0.05) is 6.42 Å². The zero-order chi connectivity index (χ0) is 9.68. The summed E-state index contributed by atoms with van der Waals surface area (Å²) in [6.45, 7) is 8.62. The molecule has 0 aromatic heterocycles. The van der Waals surface area contributed by atoms with Crippen molar-refractivity contribution in [1.29, 1.82) is 0 Å². The number of ether oxygens (including phenoxy) is 1. The Balaban J connectivity index is 2.45. The van der Waals surface area contributed by atoms with E-state index in [2.05, 4.69) is 19.6 Å². The van der Waals surface area contributed by atoms with E-state index in [1.54, 1.807) is 0 Å². The lowest BCUT2D eigenvalue weighted by Gasteiger charge is -2.07. The summed E-state index contributed by atoms with van der Waals surface area (Å²) in [5, 5.41) is 0. The molecule has 0 aliphatic rings. The molecule has 0 bridgehead atoms. The van der Waals surface area contributed by atoms with E-state index < -0.39 is 0 Å². The van der Waals surface area contributed by atoms with Crippen molar-refractivity contribution < 1.29 is 4.74 Å². The third-order valence-electron chi connectivity index (χ3n) is 1.88. The number of hydrogen-bond acceptors (Lipinski definition) is 1. The Labute approximate surface area is 80.0 Å². The quantitative estimate of drug-likeness (QED) is 0.639. The molecular weight excluding hydrogens is 160 g/mol. The molecule has 70 valence electrons. The van der Waals surface area contributed by atoms with Crippen molar-refractivity contribution in [3.63, 3.8) is 0 Å². The largest absolute Gasteiger partial charge is 0.493 e. The molecular formula is C12H16O. The van der Waals surface area contributed by atoms with E-state index in [1.807, 2.05) is 25.1 Å². The second-order valence-corrected chi connectivity index (χ2v) is 3.32. The van der Waals surface area contributed by atoms with Gasteiger partial charge in [0.1, 0.15) is 5.75 Å². The molecule has 0 aliphatic heterocycles. The van der Waals surface area contributed by atoms with E-state index >= 15 is 0 Å². The summed E-state index contributed by atoms with van der Waals surface area (Å²) in [4.78, 5) is 0. The Morgan fingerprint density at radius 1 is 1.38 bits per heavy atom. The van der Waals surface area contributed by atoms with Crippen LogP contribution in [0.25, 0.3) is 0 Å². The SMILES string of the molecule is C=C(C)CCOc1ccccc1C. The average molecular weight is 176 g/mol. The van der Waals surface area contributed by atoms with Crippen molar-refractivity contribution >= 4 is 0 Å². The number of para-hydroxylation sites is 1. The molecule has 0 unspecified atom stereocenters. The van der Waals surface area contributed by atoms with Gasteiger partial charge >= 0.3 is 0 Å². The highest BCUT2D eigenvalue weighted by atomic mass is 16.5. The third kappa shape index (κ3) is 3.32. The summed E-state index contributed by atoms with van der Waals surface area (Å²) in [7, 11) is 0. The number of rotatable bonds is 4. The summed E-state index contributed by atoms with van der Waals surface area (Å²) >= 11 is 0. The Hall–Kier alpha value is -1.24. The summed E-state index contributed by atoms with van der Waals surface area (Å²) in [5.74, 6) is 0.976. The predicted octanol–water partition coefficient (Wildman–Crippen LogP) is 3.34.